The number of aromatic amines is 1. The molecule has 0 bridgehead atoms. The Hall–Kier alpha value is -1.39. The number of halogens is 2. The summed E-state index contributed by atoms with van der Waals surface area (Å²) >= 11 is 11.5. The molecule has 2 rings (SSSR count). The normalized spacial score (nSPS) is 10.7. The average Bonchev–Trinajstić information content (AvgIpc) is 2.27. The van der Waals surface area contributed by atoms with Crippen molar-refractivity contribution in [3.05, 3.63) is 32.5 Å². The molecule has 4 nitrogen and oxygen atoms in total. The lowest BCUT2D eigenvalue weighted by atomic mass is 10.2. The van der Waals surface area contributed by atoms with Gasteiger partial charge in [0.2, 0.25) is 0 Å². The maximum atomic E-state index is 11.3. The van der Waals surface area contributed by atoms with E-state index in [0.29, 0.717) is 21.7 Å². The molecule has 0 unspecified atom stereocenters. The first kappa shape index (κ1) is 11.1. The molecule has 2 N–H and O–H groups in total. The Bertz CT molecular complexity index is 621. The van der Waals surface area contributed by atoms with Gasteiger partial charge in [-0.2, -0.15) is 0 Å². The van der Waals surface area contributed by atoms with Crippen LogP contribution in [0.15, 0.2) is 16.9 Å². The van der Waals surface area contributed by atoms with Crippen LogP contribution in [-0.4, -0.2) is 17.2 Å². The summed E-state index contributed by atoms with van der Waals surface area (Å²) < 4.78 is 4.99. The first-order valence-electron chi connectivity index (χ1n) is 4.32. The quantitative estimate of drug-likeness (QED) is 0.828. The third-order valence-electron chi connectivity index (χ3n) is 2.20. The number of nitrogens with one attached hydrogen (secondary N) is 1. The number of hydrogen-bond donors (Lipinski definition) is 2. The summed E-state index contributed by atoms with van der Waals surface area (Å²) in [4.78, 5) is 13.8. The second kappa shape index (κ2) is 3.88. The Morgan fingerprint density at radius 3 is 2.69 bits per heavy atom. The van der Waals surface area contributed by atoms with E-state index in [0.717, 1.165) is 0 Å². The first-order chi connectivity index (χ1) is 7.54. The van der Waals surface area contributed by atoms with E-state index in [2.05, 4.69) is 4.98 Å². The zero-order valence-corrected chi connectivity index (χ0v) is 9.69. The van der Waals surface area contributed by atoms with Crippen LogP contribution in [0.25, 0.3) is 10.9 Å². The van der Waals surface area contributed by atoms with Gasteiger partial charge >= 0.3 is 0 Å². The van der Waals surface area contributed by atoms with Crippen molar-refractivity contribution in [1.82, 2.24) is 4.98 Å². The number of methoxy groups -OCH3 is 1. The van der Waals surface area contributed by atoms with E-state index in [1.165, 1.54) is 19.2 Å². The molecule has 84 valence electrons. The van der Waals surface area contributed by atoms with Gasteiger partial charge in [0.1, 0.15) is 16.5 Å². The van der Waals surface area contributed by atoms with Crippen molar-refractivity contribution in [1.29, 1.82) is 0 Å². The molecule has 0 saturated carbocycles. The third kappa shape index (κ3) is 1.60. The van der Waals surface area contributed by atoms with E-state index in [1.54, 1.807) is 0 Å². The molecule has 1 aromatic heterocycles. The summed E-state index contributed by atoms with van der Waals surface area (Å²) in [5.41, 5.74) is -0.149. The molecular weight excluding hydrogens is 253 g/mol. The molecule has 0 aliphatic heterocycles. The van der Waals surface area contributed by atoms with Gasteiger partial charge in [0.15, 0.2) is 0 Å². The number of rotatable bonds is 1. The van der Waals surface area contributed by atoms with E-state index in [9.17, 15) is 9.90 Å². The van der Waals surface area contributed by atoms with Crippen LogP contribution in [0.4, 0.5) is 0 Å². The Morgan fingerprint density at radius 2 is 2.06 bits per heavy atom. The third-order valence-corrected chi connectivity index (χ3v) is 2.85. The number of benzene rings is 1. The fraction of sp³-hybridized carbons (Fsp3) is 0.100. The van der Waals surface area contributed by atoms with Crippen LogP contribution >= 0.6 is 23.2 Å². The molecule has 0 atom stereocenters. The molecule has 0 spiro atoms. The molecule has 0 saturated heterocycles. The van der Waals surface area contributed by atoms with E-state index < -0.39 is 5.56 Å². The summed E-state index contributed by atoms with van der Waals surface area (Å²) in [6.45, 7) is 0. The molecule has 0 amide bonds. The minimum absolute atomic E-state index is 0.256. The van der Waals surface area contributed by atoms with Crippen molar-refractivity contribution >= 4 is 34.1 Å². The van der Waals surface area contributed by atoms with Crippen LogP contribution in [0.5, 0.6) is 11.5 Å². The van der Waals surface area contributed by atoms with E-state index >= 15 is 0 Å². The van der Waals surface area contributed by atoms with Crippen molar-refractivity contribution < 1.29 is 9.84 Å². The average molecular weight is 260 g/mol. The standard InChI is InChI=1S/C10H7Cl2NO3/c1-16-7-3-6-4(2-5(7)11)9(14)8(12)10(15)13-6/h2-3H,1H3,(H2,13,14,15). The Labute approximate surface area is 100 Å². The summed E-state index contributed by atoms with van der Waals surface area (Å²) in [6.07, 6.45) is 0. The van der Waals surface area contributed by atoms with Gasteiger partial charge in [0, 0.05) is 11.5 Å². The van der Waals surface area contributed by atoms with Gasteiger partial charge in [0.05, 0.1) is 17.6 Å². The van der Waals surface area contributed by atoms with Crippen molar-refractivity contribution in [3.8, 4) is 11.5 Å². The SMILES string of the molecule is COc1cc2[nH]c(=O)c(Cl)c(O)c2cc1Cl. The topological polar surface area (TPSA) is 62.3 Å². The Balaban J connectivity index is 2.92. The number of H-pyrrole nitrogens is 1. The van der Waals surface area contributed by atoms with Gasteiger partial charge in [0.25, 0.3) is 5.56 Å². The molecule has 1 aromatic carbocycles. The zero-order chi connectivity index (χ0) is 11.9. The van der Waals surface area contributed by atoms with Gasteiger partial charge in [-0.1, -0.05) is 23.2 Å². The second-order valence-corrected chi connectivity index (χ2v) is 3.93. The number of aromatic nitrogens is 1. The lowest BCUT2D eigenvalue weighted by molar-refractivity contribution is 0.415. The highest BCUT2D eigenvalue weighted by Crippen LogP contribution is 2.34. The van der Waals surface area contributed by atoms with Gasteiger partial charge in [-0.25, -0.2) is 0 Å². The maximum Gasteiger partial charge on any atom is 0.271 e. The zero-order valence-electron chi connectivity index (χ0n) is 8.17. The van der Waals surface area contributed by atoms with Crippen LogP contribution in [-0.2, 0) is 0 Å². The molecule has 0 aliphatic rings. The lowest BCUT2D eigenvalue weighted by Gasteiger charge is -2.07. The van der Waals surface area contributed by atoms with Gasteiger partial charge in [-0.05, 0) is 6.07 Å². The Kier molecular flexibility index (Phi) is 2.69. The van der Waals surface area contributed by atoms with E-state index in [-0.39, 0.29) is 10.8 Å². The summed E-state index contributed by atoms with van der Waals surface area (Å²) in [7, 11) is 1.46. The van der Waals surface area contributed by atoms with E-state index in [1.807, 2.05) is 0 Å². The molecular formula is C10H7Cl2NO3. The summed E-state index contributed by atoms with van der Waals surface area (Å²) in [5.74, 6) is 0.122. The molecule has 0 fully saturated rings. The number of fused-ring (bicyclic) bond motifs is 1. The van der Waals surface area contributed by atoms with Crippen molar-refractivity contribution in [2.45, 2.75) is 0 Å². The summed E-state index contributed by atoms with van der Waals surface area (Å²) in [5, 5.41) is 10.1. The molecule has 2 aromatic rings. The van der Waals surface area contributed by atoms with Crippen LogP contribution in [0.1, 0.15) is 0 Å². The van der Waals surface area contributed by atoms with Crippen molar-refractivity contribution in [2.75, 3.05) is 7.11 Å². The van der Waals surface area contributed by atoms with Gasteiger partial charge < -0.3 is 14.8 Å². The van der Waals surface area contributed by atoms with Crippen LogP contribution in [0, 0.1) is 0 Å². The minimum atomic E-state index is -0.559. The lowest BCUT2D eigenvalue weighted by Crippen LogP contribution is -2.06. The molecule has 6 heteroatoms. The minimum Gasteiger partial charge on any atom is -0.505 e. The highest BCUT2D eigenvalue weighted by Gasteiger charge is 2.12. The van der Waals surface area contributed by atoms with Crippen LogP contribution in [0.2, 0.25) is 10.0 Å². The van der Waals surface area contributed by atoms with Gasteiger partial charge in [-0.15, -0.1) is 0 Å². The number of aromatic hydroxyl groups is 1. The highest BCUT2D eigenvalue weighted by atomic mass is 35.5. The molecule has 16 heavy (non-hydrogen) atoms. The number of pyridine rings is 1. The number of hydrogen-bond acceptors (Lipinski definition) is 3. The first-order valence-corrected chi connectivity index (χ1v) is 5.08. The maximum absolute atomic E-state index is 11.3. The Morgan fingerprint density at radius 1 is 1.38 bits per heavy atom. The predicted octanol–water partition coefficient (Wildman–Crippen LogP) is 2.55. The summed E-state index contributed by atoms with van der Waals surface area (Å²) in [6, 6.07) is 3.00. The van der Waals surface area contributed by atoms with Crippen molar-refractivity contribution in [3.63, 3.8) is 0 Å². The van der Waals surface area contributed by atoms with Crippen LogP contribution < -0.4 is 10.3 Å². The van der Waals surface area contributed by atoms with E-state index in [4.69, 9.17) is 27.9 Å². The second-order valence-electron chi connectivity index (χ2n) is 3.15. The monoisotopic (exact) mass is 259 g/mol. The fourth-order valence-electron chi connectivity index (χ4n) is 1.41. The predicted molar refractivity (Wildman–Crippen MR) is 62.8 cm³/mol. The molecule has 0 aliphatic carbocycles. The fourth-order valence-corrected chi connectivity index (χ4v) is 1.80. The molecule has 0 radical (unpaired) electrons. The van der Waals surface area contributed by atoms with Gasteiger partial charge in [-0.3, -0.25) is 4.79 Å². The van der Waals surface area contributed by atoms with Crippen molar-refractivity contribution in [2.24, 2.45) is 0 Å². The highest BCUT2D eigenvalue weighted by molar-refractivity contribution is 6.34. The van der Waals surface area contributed by atoms with Crippen LogP contribution in [0.3, 0.4) is 0 Å². The smallest absolute Gasteiger partial charge is 0.271 e. The molecule has 1 heterocycles. The number of ether oxygens (including phenoxy) is 1. The largest absolute Gasteiger partial charge is 0.505 e.